The Hall–Kier alpha value is -1.73. The molecule has 0 aromatic carbocycles. The first kappa shape index (κ1) is 16.7. The van der Waals surface area contributed by atoms with E-state index in [2.05, 4.69) is 32.2 Å². The highest BCUT2D eigenvalue weighted by atomic mass is 32.1. The quantitative estimate of drug-likeness (QED) is 0.757. The highest BCUT2D eigenvalue weighted by molar-refractivity contribution is 7.09. The van der Waals surface area contributed by atoms with Crippen LogP contribution in [0.4, 0.5) is 0 Å². The zero-order valence-electron chi connectivity index (χ0n) is 14.3. The molecule has 1 amide bonds. The van der Waals surface area contributed by atoms with Crippen molar-refractivity contribution in [3.8, 4) is 0 Å². The van der Waals surface area contributed by atoms with E-state index in [0.717, 1.165) is 56.7 Å². The second-order valence-electron chi connectivity index (χ2n) is 7.05. The van der Waals surface area contributed by atoms with Crippen molar-refractivity contribution in [1.82, 2.24) is 20.8 Å². The van der Waals surface area contributed by atoms with E-state index >= 15 is 0 Å². The average molecular weight is 360 g/mol. The molecule has 0 atom stereocenters. The number of hydrogen-bond donors (Lipinski definition) is 2. The molecule has 2 fully saturated rings. The Morgan fingerprint density at radius 3 is 2.92 bits per heavy atom. The minimum absolute atomic E-state index is 0.0220. The fourth-order valence-corrected chi connectivity index (χ4v) is 4.18. The number of aromatic nitrogens is 2. The molecule has 4 rings (SSSR count). The van der Waals surface area contributed by atoms with Gasteiger partial charge in [-0.05, 0) is 43.6 Å². The molecule has 134 valence electrons. The summed E-state index contributed by atoms with van der Waals surface area (Å²) in [7, 11) is 0. The molecular weight excluding hydrogens is 336 g/mol. The molecule has 0 unspecified atom stereocenters. The number of nitrogens with zero attached hydrogens (tertiary/aromatic N) is 2. The van der Waals surface area contributed by atoms with Crippen LogP contribution >= 0.6 is 11.3 Å². The third-order valence-electron chi connectivity index (χ3n) is 5.11. The van der Waals surface area contributed by atoms with Crippen molar-refractivity contribution in [3.05, 3.63) is 34.1 Å². The Morgan fingerprint density at radius 1 is 1.36 bits per heavy atom. The van der Waals surface area contributed by atoms with Crippen molar-refractivity contribution in [1.29, 1.82) is 0 Å². The van der Waals surface area contributed by atoms with E-state index in [1.807, 2.05) is 6.07 Å². The zero-order chi connectivity index (χ0) is 17.1. The Bertz CT molecular complexity index is 702. The molecule has 2 aliphatic carbocycles. The molecule has 2 saturated carbocycles. The van der Waals surface area contributed by atoms with Gasteiger partial charge in [0.15, 0.2) is 5.82 Å². The van der Waals surface area contributed by atoms with Gasteiger partial charge in [-0.1, -0.05) is 24.1 Å². The lowest BCUT2D eigenvalue weighted by atomic mass is 9.96. The maximum Gasteiger partial charge on any atom is 0.233 e. The van der Waals surface area contributed by atoms with Gasteiger partial charge in [-0.2, -0.15) is 4.98 Å². The van der Waals surface area contributed by atoms with E-state index in [4.69, 9.17) is 4.52 Å². The van der Waals surface area contributed by atoms with Gasteiger partial charge in [0, 0.05) is 17.3 Å². The second kappa shape index (κ2) is 7.25. The molecular formula is C18H24N4O2S. The van der Waals surface area contributed by atoms with Crippen molar-refractivity contribution in [2.75, 3.05) is 13.1 Å². The van der Waals surface area contributed by atoms with E-state index in [1.54, 1.807) is 11.3 Å². The first-order valence-electron chi connectivity index (χ1n) is 9.13. The summed E-state index contributed by atoms with van der Waals surface area (Å²) in [4.78, 5) is 18.1. The predicted molar refractivity (Wildman–Crippen MR) is 95.5 cm³/mol. The van der Waals surface area contributed by atoms with Gasteiger partial charge in [0.1, 0.15) is 0 Å². The summed E-state index contributed by atoms with van der Waals surface area (Å²) in [5.41, 5.74) is -0.304. The van der Waals surface area contributed by atoms with Crippen LogP contribution in [0.3, 0.4) is 0 Å². The van der Waals surface area contributed by atoms with Gasteiger partial charge in [0.2, 0.25) is 11.8 Å². The summed E-state index contributed by atoms with van der Waals surface area (Å²) in [6.45, 7) is 0.958. The number of hydrogen-bond acceptors (Lipinski definition) is 6. The lowest BCUT2D eigenvalue weighted by Crippen LogP contribution is -2.46. The van der Waals surface area contributed by atoms with Gasteiger partial charge < -0.3 is 9.84 Å². The molecule has 25 heavy (non-hydrogen) atoms. The summed E-state index contributed by atoms with van der Waals surface area (Å²) >= 11 is 1.72. The normalized spacial score (nSPS) is 19.2. The summed E-state index contributed by atoms with van der Waals surface area (Å²) in [6, 6.07) is 4.13. The molecule has 2 N–H and O–H groups in total. The summed E-state index contributed by atoms with van der Waals surface area (Å²) in [5.74, 6) is 1.98. The number of carbonyl (C=O) groups is 1. The number of nitrogens with one attached hydrogen (secondary N) is 2. The first-order valence-corrected chi connectivity index (χ1v) is 10.0. The molecule has 2 aromatic rings. The molecule has 0 bridgehead atoms. The standard InChI is InChI=1S/C18H24N4O2S/c23-15(19-10-7-14-4-3-11-25-14)12-20-18(8-1-2-9-18)17-21-16(24-22-17)13-5-6-13/h3-4,11,13,20H,1-2,5-10,12H2,(H,19,23). The third-order valence-corrected chi connectivity index (χ3v) is 6.05. The van der Waals surface area contributed by atoms with Gasteiger partial charge in [0.05, 0.1) is 12.1 Å². The maximum atomic E-state index is 12.2. The minimum atomic E-state index is -0.304. The van der Waals surface area contributed by atoms with Crippen LogP contribution in [0.5, 0.6) is 0 Å². The Balaban J connectivity index is 1.31. The van der Waals surface area contributed by atoms with Gasteiger partial charge in [-0.25, -0.2) is 0 Å². The van der Waals surface area contributed by atoms with Crippen LogP contribution in [0.15, 0.2) is 22.0 Å². The summed E-state index contributed by atoms with van der Waals surface area (Å²) in [5, 5.41) is 12.7. The molecule has 2 aromatic heterocycles. The lowest BCUT2D eigenvalue weighted by molar-refractivity contribution is -0.120. The smallest absolute Gasteiger partial charge is 0.233 e. The van der Waals surface area contributed by atoms with E-state index < -0.39 is 0 Å². The van der Waals surface area contributed by atoms with E-state index in [-0.39, 0.29) is 18.0 Å². The lowest BCUT2D eigenvalue weighted by Gasteiger charge is -2.26. The van der Waals surface area contributed by atoms with E-state index in [0.29, 0.717) is 12.5 Å². The van der Waals surface area contributed by atoms with Crippen LogP contribution in [0.2, 0.25) is 0 Å². The molecule has 0 radical (unpaired) electrons. The van der Waals surface area contributed by atoms with Crippen LogP contribution in [-0.4, -0.2) is 29.1 Å². The number of rotatable bonds is 8. The Morgan fingerprint density at radius 2 is 2.20 bits per heavy atom. The fraction of sp³-hybridized carbons (Fsp3) is 0.611. The molecule has 2 aliphatic rings. The summed E-state index contributed by atoms with van der Waals surface area (Å²) in [6.07, 6.45) is 7.34. The highest BCUT2D eigenvalue weighted by Crippen LogP contribution is 2.42. The largest absolute Gasteiger partial charge is 0.355 e. The minimum Gasteiger partial charge on any atom is -0.355 e. The monoisotopic (exact) mass is 360 g/mol. The molecule has 6 nitrogen and oxygen atoms in total. The van der Waals surface area contributed by atoms with Crippen LogP contribution < -0.4 is 10.6 Å². The van der Waals surface area contributed by atoms with E-state index in [1.165, 1.54) is 4.88 Å². The highest BCUT2D eigenvalue weighted by Gasteiger charge is 2.41. The molecule has 2 heterocycles. The topological polar surface area (TPSA) is 80.1 Å². The van der Waals surface area contributed by atoms with Crippen LogP contribution in [0.25, 0.3) is 0 Å². The van der Waals surface area contributed by atoms with Crippen molar-refractivity contribution < 1.29 is 9.32 Å². The fourth-order valence-electron chi connectivity index (χ4n) is 3.48. The van der Waals surface area contributed by atoms with E-state index in [9.17, 15) is 4.79 Å². The van der Waals surface area contributed by atoms with Crippen LogP contribution in [-0.2, 0) is 16.8 Å². The number of carbonyl (C=O) groups excluding carboxylic acids is 1. The van der Waals surface area contributed by atoms with Crippen molar-refractivity contribution in [2.45, 2.75) is 56.4 Å². The van der Waals surface area contributed by atoms with Crippen LogP contribution in [0.1, 0.15) is 61.0 Å². The van der Waals surface area contributed by atoms with Crippen LogP contribution in [0, 0.1) is 0 Å². The van der Waals surface area contributed by atoms with Gasteiger partial charge in [0.25, 0.3) is 0 Å². The molecule has 0 saturated heterocycles. The molecule has 0 spiro atoms. The summed E-state index contributed by atoms with van der Waals surface area (Å²) < 4.78 is 5.44. The van der Waals surface area contributed by atoms with Gasteiger partial charge >= 0.3 is 0 Å². The molecule has 7 heteroatoms. The van der Waals surface area contributed by atoms with Crippen molar-refractivity contribution >= 4 is 17.2 Å². The third kappa shape index (κ3) is 3.93. The van der Waals surface area contributed by atoms with Crippen molar-refractivity contribution in [2.24, 2.45) is 0 Å². The Labute approximate surface area is 151 Å². The average Bonchev–Trinajstić information content (AvgIpc) is 3.06. The van der Waals surface area contributed by atoms with Gasteiger partial charge in [-0.3, -0.25) is 10.1 Å². The second-order valence-corrected chi connectivity index (χ2v) is 8.08. The number of amides is 1. The number of thiophene rings is 1. The zero-order valence-corrected chi connectivity index (χ0v) is 15.1. The first-order chi connectivity index (χ1) is 12.3. The Kier molecular flexibility index (Phi) is 4.85. The maximum absolute atomic E-state index is 12.2. The SMILES string of the molecule is O=C(CNC1(c2noc(C3CC3)n2)CCCC1)NCCc1cccs1. The van der Waals surface area contributed by atoms with Crippen molar-refractivity contribution in [3.63, 3.8) is 0 Å². The van der Waals surface area contributed by atoms with Gasteiger partial charge in [-0.15, -0.1) is 11.3 Å². The molecule has 0 aliphatic heterocycles. The predicted octanol–water partition coefficient (Wildman–Crippen LogP) is 2.73.